The molecule has 0 amide bonds. The van der Waals surface area contributed by atoms with Crippen LogP contribution in [0.25, 0.3) is 10.9 Å². The van der Waals surface area contributed by atoms with Crippen LogP contribution in [0.5, 0.6) is 0 Å². The molecule has 0 saturated heterocycles. The molecule has 0 aliphatic heterocycles. The topological polar surface area (TPSA) is 17.0 Å². The van der Waals surface area contributed by atoms with Gasteiger partial charge in [-0.2, -0.15) is 0 Å². The van der Waals surface area contributed by atoms with Gasteiger partial charge in [0.1, 0.15) is 0 Å². The highest BCUT2D eigenvalue weighted by Crippen LogP contribution is 2.23. The highest BCUT2D eigenvalue weighted by molar-refractivity contribution is 5.83. The molecule has 2 aromatic rings. The third-order valence-electron chi connectivity index (χ3n) is 5.02. The second-order valence-electron chi connectivity index (χ2n) is 6.79. The van der Waals surface area contributed by atoms with E-state index in [2.05, 4.69) is 47.3 Å². The Balaban J connectivity index is 1.70. The van der Waals surface area contributed by atoms with Crippen LogP contribution in [-0.4, -0.2) is 10.6 Å². The predicted octanol–water partition coefficient (Wildman–Crippen LogP) is 5.25. The van der Waals surface area contributed by atoms with Crippen molar-refractivity contribution in [3.8, 4) is 0 Å². The number of aromatic nitrogens is 1. The number of para-hydroxylation sites is 1. The lowest BCUT2D eigenvalue weighted by molar-refractivity contribution is 0.389. The molecular weight excluding hydrogens is 268 g/mol. The minimum atomic E-state index is 0.716. The molecule has 1 aromatic heterocycles. The van der Waals surface area contributed by atoms with E-state index in [4.69, 9.17) is 0 Å². The molecule has 0 unspecified atom stereocenters. The number of hydrogen-bond donors (Lipinski definition) is 1. The van der Waals surface area contributed by atoms with E-state index in [1.165, 1.54) is 67.8 Å². The molecule has 1 aromatic carbocycles. The maximum Gasteiger partial charge on any atom is 0.0483 e. The molecule has 0 radical (unpaired) electrons. The second-order valence-corrected chi connectivity index (χ2v) is 6.79. The summed E-state index contributed by atoms with van der Waals surface area (Å²) in [4.78, 5) is 0. The summed E-state index contributed by atoms with van der Waals surface area (Å²) in [5.74, 6) is 0. The van der Waals surface area contributed by atoms with Crippen molar-refractivity contribution in [2.45, 2.75) is 77.4 Å². The SMILES string of the molecule is CCCn1cc(CNC2CCCCCCC2)c2ccccc21. The van der Waals surface area contributed by atoms with Crippen LogP contribution in [0.1, 0.15) is 63.9 Å². The van der Waals surface area contributed by atoms with Crippen molar-refractivity contribution in [3.63, 3.8) is 0 Å². The Morgan fingerprint density at radius 1 is 1.05 bits per heavy atom. The van der Waals surface area contributed by atoms with E-state index in [-0.39, 0.29) is 0 Å². The van der Waals surface area contributed by atoms with Gasteiger partial charge in [-0.25, -0.2) is 0 Å². The number of nitrogens with zero attached hydrogens (tertiary/aromatic N) is 1. The average Bonchev–Trinajstić information content (AvgIpc) is 2.85. The third-order valence-corrected chi connectivity index (χ3v) is 5.02. The van der Waals surface area contributed by atoms with Gasteiger partial charge in [0, 0.05) is 36.2 Å². The van der Waals surface area contributed by atoms with Crippen LogP contribution in [0.15, 0.2) is 30.5 Å². The van der Waals surface area contributed by atoms with Gasteiger partial charge in [0.05, 0.1) is 0 Å². The highest BCUT2D eigenvalue weighted by atomic mass is 15.0. The Morgan fingerprint density at radius 3 is 2.55 bits per heavy atom. The fraction of sp³-hybridized carbons (Fsp3) is 0.600. The summed E-state index contributed by atoms with van der Waals surface area (Å²) >= 11 is 0. The van der Waals surface area contributed by atoms with Crippen LogP contribution in [0.2, 0.25) is 0 Å². The molecule has 1 aliphatic rings. The van der Waals surface area contributed by atoms with Gasteiger partial charge < -0.3 is 9.88 Å². The smallest absolute Gasteiger partial charge is 0.0483 e. The minimum absolute atomic E-state index is 0.716. The van der Waals surface area contributed by atoms with Crippen molar-refractivity contribution in [1.82, 2.24) is 9.88 Å². The molecule has 0 spiro atoms. The van der Waals surface area contributed by atoms with Gasteiger partial charge in [-0.05, 0) is 30.9 Å². The summed E-state index contributed by atoms with van der Waals surface area (Å²) in [7, 11) is 0. The molecule has 22 heavy (non-hydrogen) atoms. The largest absolute Gasteiger partial charge is 0.347 e. The summed E-state index contributed by atoms with van der Waals surface area (Å²) in [5, 5.41) is 5.27. The lowest BCUT2D eigenvalue weighted by Gasteiger charge is -2.21. The zero-order valence-corrected chi connectivity index (χ0v) is 14.0. The average molecular weight is 298 g/mol. The van der Waals surface area contributed by atoms with Crippen molar-refractivity contribution in [3.05, 3.63) is 36.0 Å². The van der Waals surface area contributed by atoms with Gasteiger partial charge in [-0.1, -0.05) is 57.2 Å². The Bertz CT molecular complexity index is 576. The summed E-state index contributed by atoms with van der Waals surface area (Å²) in [5.41, 5.74) is 2.85. The monoisotopic (exact) mass is 298 g/mol. The Kier molecular flexibility index (Phi) is 5.55. The van der Waals surface area contributed by atoms with Crippen LogP contribution in [0, 0.1) is 0 Å². The zero-order chi connectivity index (χ0) is 15.2. The van der Waals surface area contributed by atoms with Crippen LogP contribution in [0.3, 0.4) is 0 Å². The minimum Gasteiger partial charge on any atom is -0.347 e. The Hall–Kier alpha value is -1.28. The first-order chi connectivity index (χ1) is 10.9. The zero-order valence-electron chi connectivity index (χ0n) is 14.0. The molecule has 3 rings (SSSR count). The first-order valence-corrected chi connectivity index (χ1v) is 9.18. The molecule has 2 heteroatoms. The van der Waals surface area contributed by atoms with E-state index in [0.29, 0.717) is 6.04 Å². The number of aryl methyl sites for hydroxylation is 1. The van der Waals surface area contributed by atoms with Gasteiger partial charge in [0.2, 0.25) is 0 Å². The number of benzene rings is 1. The van der Waals surface area contributed by atoms with Crippen LogP contribution in [0.4, 0.5) is 0 Å². The van der Waals surface area contributed by atoms with E-state index in [0.717, 1.165) is 13.1 Å². The van der Waals surface area contributed by atoms with E-state index in [9.17, 15) is 0 Å². The molecule has 1 fully saturated rings. The highest BCUT2D eigenvalue weighted by Gasteiger charge is 2.13. The first kappa shape index (κ1) is 15.6. The lowest BCUT2D eigenvalue weighted by Crippen LogP contribution is -2.29. The van der Waals surface area contributed by atoms with Gasteiger partial charge in [0.15, 0.2) is 0 Å². The molecule has 1 heterocycles. The number of rotatable bonds is 5. The van der Waals surface area contributed by atoms with E-state index in [1.807, 2.05) is 0 Å². The Labute approximate surface area is 134 Å². The quantitative estimate of drug-likeness (QED) is 0.797. The van der Waals surface area contributed by atoms with Crippen LogP contribution in [-0.2, 0) is 13.1 Å². The summed E-state index contributed by atoms with van der Waals surface area (Å²) < 4.78 is 2.42. The van der Waals surface area contributed by atoms with E-state index < -0.39 is 0 Å². The van der Waals surface area contributed by atoms with Gasteiger partial charge in [-0.15, -0.1) is 0 Å². The predicted molar refractivity (Wildman–Crippen MR) is 95.2 cm³/mol. The van der Waals surface area contributed by atoms with Crippen molar-refractivity contribution >= 4 is 10.9 Å². The molecule has 1 N–H and O–H groups in total. The molecule has 2 nitrogen and oxygen atoms in total. The molecular formula is C20H30N2. The van der Waals surface area contributed by atoms with Crippen LogP contribution < -0.4 is 5.32 Å². The van der Waals surface area contributed by atoms with Gasteiger partial charge >= 0.3 is 0 Å². The standard InChI is InChI=1S/C20H30N2/c1-2-14-22-16-17(19-12-8-9-13-20(19)22)15-21-18-10-6-4-3-5-7-11-18/h8-9,12-13,16,18,21H,2-7,10-11,14-15H2,1H3. The summed E-state index contributed by atoms with van der Waals surface area (Å²) in [6.45, 7) is 4.38. The van der Waals surface area contributed by atoms with Gasteiger partial charge in [-0.3, -0.25) is 0 Å². The van der Waals surface area contributed by atoms with Crippen molar-refractivity contribution < 1.29 is 0 Å². The number of hydrogen-bond acceptors (Lipinski definition) is 1. The first-order valence-electron chi connectivity index (χ1n) is 9.18. The number of fused-ring (bicyclic) bond motifs is 1. The van der Waals surface area contributed by atoms with Crippen LogP contribution >= 0.6 is 0 Å². The number of nitrogens with one attached hydrogen (secondary N) is 1. The lowest BCUT2D eigenvalue weighted by atomic mass is 9.96. The maximum absolute atomic E-state index is 3.84. The maximum atomic E-state index is 3.84. The Morgan fingerprint density at radius 2 is 1.77 bits per heavy atom. The fourth-order valence-corrected chi connectivity index (χ4v) is 3.80. The summed E-state index contributed by atoms with van der Waals surface area (Å²) in [6, 6.07) is 9.56. The fourth-order valence-electron chi connectivity index (χ4n) is 3.80. The van der Waals surface area contributed by atoms with Crippen molar-refractivity contribution in [2.75, 3.05) is 0 Å². The normalized spacial score (nSPS) is 17.5. The van der Waals surface area contributed by atoms with E-state index in [1.54, 1.807) is 0 Å². The molecule has 0 atom stereocenters. The molecule has 1 saturated carbocycles. The molecule has 0 bridgehead atoms. The molecule has 1 aliphatic carbocycles. The molecule has 120 valence electrons. The van der Waals surface area contributed by atoms with E-state index >= 15 is 0 Å². The van der Waals surface area contributed by atoms with Gasteiger partial charge in [0.25, 0.3) is 0 Å². The van der Waals surface area contributed by atoms with Crippen molar-refractivity contribution in [1.29, 1.82) is 0 Å². The second kappa shape index (κ2) is 7.82. The third kappa shape index (κ3) is 3.73. The van der Waals surface area contributed by atoms with Crippen molar-refractivity contribution in [2.24, 2.45) is 0 Å². The summed E-state index contributed by atoms with van der Waals surface area (Å²) in [6.07, 6.45) is 13.4.